The minimum absolute atomic E-state index is 0.284. The number of ether oxygens (including phenoxy) is 4. The molecule has 3 rings (SSSR count). The molecule has 7 heteroatoms. The third kappa shape index (κ3) is 10.3. The van der Waals surface area contributed by atoms with Crippen LogP contribution in [-0.2, 0) is 19.1 Å². The Bertz CT molecular complexity index is 1530. The standard InChI is InChI=1S/C34H29FO6/c1-24(2)33(36)40-20-18-38-30-16-12-26(13-17-30)8-9-28-11-15-29(32(35)23-28)14-10-27-6-5-7-31(22-27)39-19-21-41-34(37)25(3)4/h5-23H,1,3H2,2,4H3. The molecule has 41 heavy (non-hydrogen) atoms. The summed E-state index contributed by atoms with van der Waals surface area (Å²) in [5.74, 6) is -0.347. The molecular formula is C34H29FO6. The Morgan fingerprint density at radius 1 is 0.634 bits per heavy atom. The molecule has 0 atom stereocenters. The maximum atomic E-state index is 14.8. The van der Waals surface area contributed by atoms with Gasteiger partial charge in [0.1, 0.15) is 42.4 Å². The van der Waals surface area contributed by atoms with Gasteiger partial charge < -0.3 is 18.9 Å². The number of benzene rings is 3. The second-order valence-electron chi connectivity index (χ2n) is 8.74. The average Bonchev–Trinajstić information content (AvgIpc) is 2.96. The van der Waals surface area contributed by atoms with Gasteiger partial charge in [0.05, 0.1) is 0 Å². The molecule has 0 aromatic heterocycles. The molecule has 0 fully saturated rings. The Kier molecular flexibility index (Phi) is 11.2. The Balaban J connectivity index is 1.55. The van der Waals surface area contributed by atoms with E-state index in [9.17, 15) is 14.0 Å². The van der Waals surface area contributed by atoms with Gasteiger partial charge in [-0.3, -0.25) is 0 Å². The minimum atomic E-state index is -0.541. The van der Waals surface area contributed by atoms with Crippen LogP contribution in [0.1, 0.15) is 36.1 Å². The van der Waals surface area contributed by atoms with Gasteiger partial charge in [0.2, 0.25) is 0 Å². The molecule has 208 valence electrons. The van der Waals surface area contributed by atoms with Crippen LogP contribution in [0.2, 0.25) is 0 Å². The monoisotopic (exact) mass is 552 g/mol. The number of carbonyl (C=O) groups excluding carboxylic acids is 2. The number of rotatable bonds is 12. The number of hydrogen-bond acceptors (Lipinski definition) is 6. The summed E-state index contributed by atoms with van der Waals surface area (Å²) in [6.07, 6.45) is 11.9. The molecule has 3 aromatic carbocycles. The van der Waals surface area contributed by atoms with Crippen molar-refractivity contribution in [1.29, 1.82) is 0 Å². The number of hydrogen-bond donors (Lipinski definition) is 0. The van der Waals surface area contributed by atoms with Crippen LogP contribution in [0.5, 0.6) is 11.5 Å². The van der Waals surface area contributed by atoms with Crippen LogP contribution < -0.4 is 9.47 Å². The highest BCUT2D eigenvalue weighted by Crippen LogP contribution is 2.20. The summed E-state index contributed by atoms with van der Waals surface area (Å²) in [6, 6.07) is 19.3. The number of carbonyl (C=O) groups is 2. The second-order valence-corrected chi connectivity index (χ2v) is 8.74. The van der Waals surface area contributed by atoms with Gasteiger partial charge in [-0.15, -0.1) is 0 Å². The first kappa shape index (κ1) is 30.1. The number of esters is 2. The fourth-order valence-corrected chi connectivity index (χ4v) is 3.10. The predicted octanol–water partition coefficient (Wildman–Crippen LogP) is 8.11. The third-order valence-corrected chi connectivity index (χ3v) is 5.25. The molecule has 3 aromatic rings. The number of halogens is 1. The van der Waals surface area contributed by atoms with E-state index in [0.29, 0.717) is 28.2 Å². The Morgan fingerprint density at radius 2 is 1.17 bits per heavy atom. The highest BCUT2D eigenvalue weighted by molar-refractivity contribution is 5.87. The topological polar surface area (TPSA) is 71.1 Å². The third-order valence-electron chi connectivity index (χ3n) is 5.25. The molecule has 0 saturated heterocycles. The Labute approximate surface area is 238 Å². The second kappa shape index (κ2) is 15.2. The Morgan fingerprint density at radius 3 is 1.78 bits per heavy atom. The van der Waals surface area contributed by atoms with Gasteiger partial charge in [-0.2, -0.15) is 0 Å². The molecular weight excluding hydrogens is 523 g/mol. The zero-order valence-electron chi connectivity index (χ0n) is 22.7. The van der Waals surface area contributed by atoms with Crippen molar-refractivity contribution < 1.29 is 32.9 Å². The molecule has 0 aliphatic carbocycles. The summed E-state index contributed by atoms with van der Waals surface area (Å²) >= 11 is 0. The van der Waals surface area contributed by atoms with Gasteiger partial charge in [0.15, 0.2) is 0 Å². The average molecular weight is 553 g/mol. The first-order chi connectivity index (χ1) is 19.7. The van der Waals surface area contributed by atoms with Crippen LogP contribution in [0, 0.1) is 5.82 Å². The van der Waals surface area contributed by atoms with Crippen molar-refractivity contribution in [3.05, 3.63) is 144 Å². The molecule has 0 aliphatic heterocycles. The predicted molar refractivity (Wildman–Crippen MR) is 158 cm³/mol. The van der Waals surface area contributed by atoms with Crippen molar-refractivity contribution in [3.63, 3.8) is 0 Å². The summed E-state index contributed by atoms with van der Waals surface area (Å²) in [4.78, 5) is 22.7. The van der Waals surface area contributed by atoms with Crippen LogP contribution >= 0.6 is 0 Å². The van der Waals surface area contributed by atoms with Crippen molar-refractivity contribution in [2.24, 2.45) is 0 Å². The lowest BCUT2D eigenvalue weighted by atomic mass is 10.1. The minimum Gasteiger partial charge on any atom is -0.462 e. The van der Waals surface area contributed by atoms with Gasteiger partial charge in [-0.1, -0.05) is 73.9 Å². The zero-order chi connectivity index (χ0) is 29.6. The molecule has 0 radical (unpaired) electrons. The first-order valence-corrected chi connectivity index (χ1v) is 12.4. The molecule has 6 nitrogen and oxygen atoms in total. The van der Waals surface area contributed by atoms with Crippen LogP contribution in [0.25, 0.3) is 24.3 Å². The lowest BCUT2D eigenvalue weighted by Gasteiger charge is -2.03. The van der Waals surface area contributed by atoms with Gasteiger partial charge in [0.25, 0.3) is 0 Å². The maximum Gasteiger partial charge on any atom is 0.338 e. The molecule has 0 saturated carbocycles. The summed E-state index contributed by atoms with van der Waals surface area (Å²) in [5.41, 5.74) is 3.41. The van der Waals surface area contributed by atoms with Gasteiger partial charge >= 0.3 is 11.9 Å². The first-order valence-electron chi connectivity index (χ1n) is 12.4. The van der Waals surface area contributed by atoms with E-state index < -0.39 is 11.9 Å². The van der Waals surface area contributed by atoms with Gasteiger partial charge in [-0.25, -0.2) is 14.0 Å². The van der Waals surface area contributed by atoms with Crippen molar-refractivity contribution in [3.8, 4) is 11.5 Å². The van der Waals surface area contributed by atoms with Gasteiger partial charge in [-0.05, 0) is 60.9 Å². The Hall–Kier alpha value is -5.43. The fourth-order valence-electron chi connectivity index (χ4n) is 3.10. The zero-order valence-corrected chi connectivity index (χ0v) is 22.7. The largest absolute Gasteiger partial charge is 0.462 e. The quantitative estimate of drug-likeness (QED) is 0.0978. The summed E-state index contributed by atoms with van der Waals surface area (Å²) < 4.78 is 35.2. The molecule has 0 heterocycles. The van der Waals surface area contributed by atoms with E-state index in [1.165, 1.54) is 18.6 Å². The van der Waals surface area contributed by atoms with Gasteiger partial charge in [0, 0.05) is 16.7 Å². The van der Waals surface area contributed by atoms with E-state index in [-0.39, 0.29) is 11.4 Å². The lowest BCUT2D eigenvalue weighted by molar-refractivity contribution is -0.134. The lowest BCUT2D eigenvalue weighted by Crippen LogP contribution is -1.99. The van der Waals surface area contributed by atoms with E-state index in [1.807, 2.05) is 36.4 Å². The fraction of sp³-hybridized carbons (Fsp3) is 0.0588. The molecule has 0 spiro atoms. The molecule has 0 unspecified atom stereocenters. The smallest absolute Gasteiger partial charge is 0.338 e. The van der Waals surface area contributed by atoms with E-state index >= 15 is 0 Å². The van der Waals surface area contributed by atoms with Crippen molar-refractivity contribution >= 4 is 36.2 Å². The van der Waals surface area contributed by atoms with Crippen LogP contribution in [0.15, 0.2) is 116 Å². The maximum absolute atomic E-state index is 14.8. The highest BCUT2D eigenvalue weighted by Gasteiger charge is 2.02. The van der Waals surface area contributed by atoms with Crippen molar-refractivity contribution in [2.45, 2.75) is 13.8 Å². The molecule has 0 aliphatic rings. The van der Waals surface area contributed by atoms with Crippen LogP contribution in [0.3, 0.4) is 0 Å². The molecule has 0 amide bonds. The normalized spacial score (nSPS) is 11.3. The van der Waals surface area contributed by atoms with Crippen molar-refractivity contribution in [1.82, 2.24) is 0 Å². The van der Waals surface area contributed by atoms with Crippen LogP contribution in [0.4, 0.5) is 4.39 Å². The summed E-state index contributed by atoms with van der Waals surface area (Å²) in [6.45, 7) is 10.1. The molecule has 0 N–H and O–H groups in total. The SMILES string of the molecule is C=C(C)C(=O)OC=COc1ccc(C=Cc2ccc(C=Cc3cccc(OC=COC(=O)C(=C)C)c3)c(F)c2)cc1. The van der Waals surface area contributed by atoms with Crippen LogP contribution in [-0.4, -0.2) is 11.9 Å². The summed E-state index contributed by atoms with van der Waals surface area (Å²) in [7, 11) is 0. The van der Waals surface area contributed by atoms with E-state index in [4.69, 9.17) is 18.9 Å². The van der Waals surface area contributed by atoms with Crippen molar-refractivity contribution in [2.75, 3.05) is 0 Å². The summed E-state index contributed by atoms with van der Waals surface area (Å²) in [5, 5.41) is 0. The van der Waals surface area contributed by atoms with E-state index in [0.717, 1.165) is 23.7 Å². The van der Waals surface area contributed by atoms with E-state index in [1.54, 1.807) is 62.4 Å². The molecule has 0 bridgehead atoms. The highest BCUT2D eigenvalue weighted by atomic mass is 19.1. The van der Waals surface area contributed by atoms with E-state index in [2.05, 4.69) is 13.2 Å².